The zero-order chi connectivity index (χ0) is 20.9. The van der Waals surface area contributed by atoms with Gasteiger partial charge >= 0.3 is 0 Å². The Morgan fingerprint density at radius 2 is 1.83 bits per heavy atom. The second-order valence-electron chi connectivity index (χ2n) is 7.14. The summed E-state index contributed by atoms with van der Waals surface area (Å²) in [4.78, 5) is 35.1. The molecule has 0 saturated carbocycles. The Morgan fingerprint density at radius 3 is 2.59 bits per heavy atom. The molecular weight excluding hydrogens is 404 g/mol. The predicted octanol–water partition coefficient (Wildman–Crippen LogP) is 4.60. The molecule has 0 spiro atoms. The van der Waals surface area contributed by atoms with E-state index in [0.717, 1.165) is 16.8 Å². The van der Waals surface area contributed by atoms with E-state index < -0.39 is 0 Å². The number of nitrogens with one attached hydrogen (secondary N) is 1. The predicted molar refractivity (Wildman–Crippen MR) is 119 cm³/mol. The number of nitrogens with zero attached hydrogens (tertiary/aromatic N) is 3. The number of aromatic nitrogens is 3. The van der Waals surface area contributed by atoms with Crippen LogP contribution < -0.4 is 10.9 Å². The summed E-state index contributed by atoms with van der Waals surface area (Å²) in [7, 11) is 1.65. The van der Waals surface area contributed by atoms with Crippen LogP contribution in [0.2, 0.25) is 0 Å². The van der Waals surface area contributed by atoms with Crippen LogP contribution in [0, 0.1) is 27.7 Å². The van der Waals surface area contributed by atoms with Crippen LogP contribution in [0.5, 0.6) is 0 Å². The van der Waals surface area contributed by atoms with Gasteiger partial charge in [-0.1, -0.05) is 6.07 Å². The highest BCUT2D eigenvalue weighted by Crippen LogP contribution is 2.31. The van der Waals surface area contributed by atoms with E-state index in [-0.39, 0.29) is 11.5 Å². The van der Waals surface area contributed by atoms with Crippen LogP contribution in [0.4, 0.5) is 5.13 Å². The normalized spacial score (nSPS) is 11.2. The number of anilines is 1. The minimum Gasteiger partial charge on any atom is -0.302 e. The fourth-order valence-electron chi connectivity index (χ4n) is 3.27. The largest absolute Gasteiger partial charge is 0.302 e. The molecule has 4 aromatic rings. The summed E-state index contributed by atoms with van der Waals surface area (Å²) in [6.45, 7) is 8.01. The summed E-state index contributed by atoms with van der Waals surface area (Å²) in [5.74, 6) is -0.273. The van der Waals surface area contributed by atoms with Crippen molar-refractivity contribution in [2.75, 3.05) is 5.32 Å². The van der Waals surface area contributed by atoms with Crippen molar-refractivity contribution in [3.63, 3.8) is 0 Å². The highest BCUT2D eigenvalue weighted by molar-refractivity contribution is 7.21. The zero-order valence-corrected chi connectivity index (χ0v) is 18.4. The van der Waals surface area contributed by atoms with Crippen molar-refractivity contribution in [3.05, 3.63) is 61.3 Å². The van der Waals surface area contributed by atoms with Gasteiger partial charge in [0, 0.05) is 18.0 Å². The summed E-state index contributed by atoms with van der Waals surface area (Å²) in [6.07, 6.45) is 1.47. The van der Waals surface area contributed by atoms with Crippen LogP contribution in [0.15, 0.2) is 28.6 Å². The number of carbonyl (C=O) groups is 1. The van der Waals surface area contributed by atoms with E-state index in [1.54, 1.807) is 14.0 Å². The minimum atomic E-state index is -0.273. The maximum atomic E-state index is 12.8. The van der Waals surface area contributed by atoms with E-state index >= 15 is 0 Å². The van der Waals surface area contributed by atoms with Crippen molar-refractivity contribution in [1.29, 1.82) is 0 Å². The van der Waals surface area contributed by atoms with Gasteiger partial charge in [0.2, 0.25) is 0 Å². The number of aryl methyl sites for hydroxylation is 5. The maximum Gasteiger partial charge on any atom is 0.267 e. The summed E-state index contributed by atoms with van der Waals surface area (Å²) in [5, 5.41) is 5.84. The number of thiazole rings is 1. The standard InChI is InChI=1S/C21H20N4O2S2/c1-10-6-12(3)14(7-11(10)2)15-8-28-21(23-15)24-18(26)17-13(4)16-19(29-17)22-9-25(5)20(16)27/h6-9H,1-5H3,(H,23,24,26). The molecule has 3 heterocycles. The fraction of sp³-hybridized carbons (Fsp3) is 0.238. The van der Waals surface area contributed by atoms with Crippen LogP contribution >= 0.6 is 22.7 Å². The zero-order valence-electron chi connectivity index (χ0n) is 16.8. The Kier molecular flexibility index (Phi) is 4.84. The van der Waals surface area contributed by atoms with Crippen molar-refractivity contribution in [1.82, 2.24) is 14.5 Å². The highest BCUT2D eigenvalue weighted by Gasteiger charge is 2.20. The first-order valence-corrected chi connectivity index (χ1v) is 10.8. The number of benzene rings is 1. The topological polar surface area (TPSA) is 76.9 Å². The lowest BCUT2D eigenvalue weighted by Crippen LogP contribution is -2.17. The molecule has 0 aliphatic rings. The molecule has 4 rings (SSSR count). The summed E-state index contributed by atoms with van der Waals surface area (Å²) in [6, 6.07) is 4.28. The Bertz CT molecular complexity index is 1330. The molecule has 0 unspecified atom stereocenters. The third-order valence-corrected chi connectivity index (χ3v) is 7.01. The van der Waals surface area contributed by atoms with Crippen molar-refractivity contribution in [2.24, 2.45) is 7.05 Å². The average Bonchev–Trinajstić information content (AvgIpc) is 3.26. The van der Waals surface area contributed by atoms with Gasteiger partial charge in [-0.3, -0.25) is 14.9 Å². The molecule has 0 atom stereocenters. The molecule has 0 saturated heterocycles. The Hall–Kier alpha value is -2.84. The van der Waals surface area contributed by atoms with Crippen LogP contribution in [-0.4, -0.2) is 20.4 Å². The first kappa shape index (κ1) is 19.5. The van der Waals surface area contributed by atoms with Crippen LogP contribution in [0.3, 0.4) is 0 Å². The first-order chi connectivity index (χ1) is 13.8. The van der Waals surface area contributed by atoms with Crippen LogP contribution in [-0.2, 0) is 7.05 Å². The molecule has 8 heteroatoms. The van der Waals surface area contributed by atoms with Crippen molar-refractivity contribution in [2.45, 2.75) is 27.7 Å². The van der Waals surface area contributed by atoms with Gasteiger partial charge in [-0.25, -0.2) is 9.97 Å². The molecule has 0 radical (unpaired) electrons. The SMILES string of the molecule is Cc1cc(C)c(-c2csc(NC(=O)c3sc4ncn(C)c(=O)c4c3C)n2)cc1C. The molecule has 29 heavy (non-hydrogen) atoms. The second-order valence-corrected chi connectivity index (χ2v) is 9.00. The van der Waals surface area contributed by atoms with Crippen LogP contribution in [0.25, 0.3) is 21.5 Å². The summed E-state index contributed by atoms with van der Waals surface area (Å²) >= 11 is 2.61. The number of carbonyl (C=O) groups excluding carboxylic acids is 1. The molecular formula is C21H20N4O2S2. The molecule has 1 aromatic carbocycles. The monoisotopic (exact) mass is 424 g/mol. The van der Waals surface area contributed by atoms with Crippen molar-refractivity contribution < 1.29 is 4.79 Å². The average molecular weight is 425 g/mol. The minimum absolute atomic E-state index is 0.149. The molecule has 6 nitrogen and oxygen atoms in total. The van der Waals surface area contributed by atoms with Gasteiger partial charge in [-0.15, -0.1) is 22.7 Å². The van der Waals surface area contributed by atoms with E-state index in [0.29, 0.717) is 25.8 Å². The third kappa shape index (κ3) is 3.38. The highest BCUT2D eigenvalue weighted by atomic mass is 32.1. The molecule has 148 valence electrons. The number of thiophene rings is 1. The molecule has 1 amide bonds. The molecule has 0 aliphatic carbocycles. The van der Waals surface area contributed by atoms with Gasteiger partial charge in [0.1, 0.15) is 4.83 Å². The van der Waals surface area contributed by atoms with Crippen molar-refractivity contribution in [3.8, 4) is 11.3 Å². The third-order valence-electron chi connectivity index (χ3n) is 5.06. The van der Waals surface area contributed by atoms with E-state index in [4.69, 9.17) is 0 Å². The summed E-state index contributed by atoms with van der Waals surface area (Å²) in [5.41, 5.74) is 6.01. The van der Waals surface area contributed by atoms with E-state index in [1.165, 1.54) is 44.7 Å². The van der Waals surface area contributed by atoms with E-state index in [9.17, 15) is 9.59 Å². The van der Waals surface area contributed by atoms with Gasteiger partial charge in [0.15, 0.2) is 5.13 Å². The molecule has 0 fully saturated rings. The molecule has 0 bridgehead atoms. The van der Waals surface area contributed by atoms with E-state index in [1.807, 2.05) is 5.38 Å². The lowest BCUT2D eigenvalue weighted by molar-refractivity contribution is 0.103. The first-order valence-electron chi connectivity index (χ1n) is 9.06. The van der Waals surface area contributed by atoms with Gasteiger partial charge < -0.3 is 4.57 Å². The van der Waals surface area contributed by atoms with Crippen LogP contribution in [0.1, 0.15) is 31.9 Å². The van der Waals surface area contributed by atoms with Crippen molar-refractivity contribution >= 4 is 43.9 Å². The molecule has 1 N–H and O–H groups in total. The number of fused-ring (bicyclic) bond motifs is 1. The molecule has 0 aliphatic heterocycles. The Labute approximate surface area is 175 Å². The van der Waals surface area contributed by atoms with Gasteiger partial charge in [-0.05, 0) is 56.0 Å². The summed E-state index contributed by atoms with van der Waals surface area (Å²) < 4.78 is 1.42. The lowest BCUT2D eigenvalue weighted by Gasteiger charge is -2.07. The number of rotatable bonds is 3. The second kappa shape index (κ2) is 7.20. The molecule has 3 aromatic heterocycles. The van der Waals surface area contributed by atoms with Gasteiger partial charge in [0.25, 0.3) is 11.5 Å². The smallest absolute Gasteiger partial charge is 0.267 e. The van der Waals surface area contributed by atoms with Gasteiger partial charge in [-0.2, -0.15) is 0 Å². The Balaban J connectivity index is 1.65. The number of hydrogen-bond acceptors (Lipinski definition) is 6. The fourth-order valence-corrected chi connectivity index (χ4v) is 5.01. The lowest BCUT2D eigenvalue weighted by atomic mass is 9.99. The Morgan fingerprint density at radius 1 is 1.10 bits per heavy atom. The number of amides is 1. The van der Waals surface area contributed by atoms with E-state index in [2.05, 4.69) is 48.2 Å². The number of hydrogen-bond donors (Lipinski definition) is 1. The quantitative estimate of drug-likeness (QED) is 0.521. The maximum absolute atomic E-state index is 12.8. The van der Waals surface area contributed by atoms with Gasteiger partial charge in [0.05, 0.1) is 22.3 Å².